The number of hydrogen-bond donors (Lipinski definition) is 0. The molecule has 4 rings (SSSR count). The number of halogens is 1. The van der Waals surface area contributed by atoms with E-state index in [2.05, 4.69) is 13.7 Å². The molecule has 1 aromatic carbocycles. The van der Waals surface area contributed by atoms with Crippen molar-refractivity contribution in [3.05, 3.63) is 47.9 Å². The Labute approximate surface area is 166 Å². The first-order valence-electron chi connectivity index (χ1n) is 8.54. The number of rotatable bonds is 3. The summed E-state index contributed by atoms with van der Waals surface area (Å²) in [4.78, 5) is 9.75. The maximum atomic E-state index is 13.2. The predicted molar refractivity (Wildman–Crippen MR) is 108 cm³/mol. The highest BCUT2D eigenvalue weighted by molar-refractivity contribution is 8.03. The summed E-state index contributed by atoms with van der Waals surface area (Å²) in [5, 5.41) is 2.14. The molecule has 1 fully saturated rings. The topological polar surface area (TPSA) is 92.6 Å². The van der Waals surface area contributed by atoms with Gasteiger partial charge < -0.3 is 4.90 Å². The van der Waals surface area contributed by atoms with Crippen molar-refractivity contribution in [3.63, 3.8) is 0 Å². The quantitative estimate of drug-likeness (QED) is 0.622. The molecule has 0 N–H and O–H groups in total. The lowest BCUT2D eigenvalue weighted by Gasteiger charge is -2.19. The summed E-state index contributed by atoms with van der Waals surface area (Å²) in [5.41, 5.74) is 0. The Balaban J connectivity index is 1.63. The van der Waals surface area contributed by atoms with Crippen LogP contribution in [0.1, 0.15) is 6.42 Å². The number of aromatic nitrogens is 2. The second-order valence-electron chi connectivity index (χ2n) is 6.37. The summed E-state index contributed by atoms with van der Waals surface area (Å²) in [6, 6.07) is 7.16. The molecule has 1 saturated heterocycles. The molecule has 7 nitrogen and oxygen atoms in total. The van der Waals surface area contributed by atoms with E-state index in [9.17, 15) is 17.0 Å². The minimum Gasteiger partial charge on any atom is -0.340 e. The molecule has 148 valence electrons. The van der Waals surface area contributed by atoms with E-state index in [0.717, 1.165) is 17.1 Å². The Hall–Kier alpha value is -2.11. The molecule has 2 aromatic heterocycles. The van der Waals surface area contributed by atoms with Gasteiger partial charge in [-0.25, -0.2) is 18.6 Å². The first kappa shape index (κ1) is 19.2. The normalized spacial score (nSPS) is 20.8. The van der Waals surface area contributed by atoms with Gasteiger partial charge in [0.2, 0.25) is 5.95 Å². The molecule has 0 aliphatic carbocycles. The number of thiophene rings is 1. The van der Waals surface area contributed by atoms with Gasteiger partial charge in [0.1, 0.15) is 4.90 Å². The van der Waals surface area contributed by atoms with Gasteiger partial charge in [-0.3, -0.25) is 0 Å². The zero-order valence-electron chi connectivity index (χ0n) is 14.7. The van der Waals surface area contributed by atoms with Crippen LogP contribution in [0, 0.1) is 5.82 Å². The second kappa shape index (κ2) is 7.37. The highest BCUT2D eigenvalue weighted by atomic mass is 32.3. The molecule has 1 atom stereocenters. The van der Waals surface area contributed by atoms with E-state index in [-0.39, 0.29) is 22.9 Å². The highest BCUT2D eigenvalue weighted by Gasteiger charge is 2.25. The highest BCUT2D eigenvalue weighted by Crippen LogP contribution is 2.31. The number of fused-ring (bicyclic) bond motifs is 1. The summed E-state index contributed by atoms with van der Waals surface area (Å²) in [6.07, 6.45) is 2.62. The molecule has 0 radical (unpaired) electrons. The summed E-state index contributed by atoms with van der Waals surface area (Å²) >= 11 is 1.32. The zero-order valence-corrected chi connectivity index (χ0v) is 17.1. The van der Waals surface area contributed by atoms with Gasteiger partial charge in [0.25, 0.3) is 10.0 Å². The van der Waals surface area contributed by atoms with Crippen molar-refractivity contribution >= 4 is 47.1 Å². The number of sulfonamides is 1. The van der Waals surface area contributed by atoms with E-state index in [4.69, 9.17) is 0 Å². The molecule has 3 heterocycles. The van der Waals surface area contributed by atoms with E-state index < -0.39 is 25.6 Å². The van der Waals surface area contributed by atoms with Crippen LogP contribution < -0.4 is 4.90 Å². The number of benzene rings is 1. The molecule has 0 amide bonds. The number of nitrogens with zero attached hydrogens (tertiary/aromatic N) is 4. The van der Waals surface area contributed by atoms with Gasteiger partial charge in [0.15, 0.2) is 5.82 Å². The Morgan fingerprint density at radius 1 is 1.14 bits per heavy atom. The summed E-state index contributed by atoms with van der Waals surface area (Å²) < 4.78 is 56.7. The lowest BCUT2D eigenvalue weighted by Crippen LogP contribution is -2.28. The summed E-state index contributed by atoms with van der Waals surface area (Å²) in [7, 11) is -7.00. The van der Waals surface area contributed by atoms with Crippen molar-refractivity contribution in [2.75, 3.05) is 29.5 Å². The van der Waals surface area contributed by atoms with Crippen molar-refractivity contribution in [3.8, 4) is 0 Å². The first-order chi connectivity index (χ1) is 13.4. The van der Waals surface area contributed by atoms with Crippen LogP contribution in [-0.4, -0.2) is 47.2 Å². The Morgan fingerprint density at radius 3 is 2.68 bits per heavy atom. The van der Waals surface area contributed by atoms with Crippen LogP contribution in [-0.2, 0) is 19.8 Å². The van der Waals surface area contributed by atoms with Crippen molar-refractivity contribution < 1.29 is 17.0 Å². The van der Waals surface area contributed by atoms with Gasteiger partial charge in [0.05, 0.1) is 27.9 Å². The van der Waals surface area contributed by atoms with Gasteiger partial charge in [-0.15, -0.1) is 15.1 Å². The summed E-state index contributed by atoms with van der Waals surface area (Å²) in [6.45, 7) is 0.785. The monoisotopic (exact) mass is 440 g/mol. The third-order valence-corrected chi connectivity index (χ3v) is 10.0. The van der Waals surface area contributed by atoms with E-state index in [0.29, 0.717) is 24.3 Å². The average molecular weight is 441 g/mol. The lowest BCUT2D eigenvalue weighted by atomic mass is 10.3. The smallest absolute Gasteiger partial charge is 0.291 e. The van der Waals surface area contributed by atoms with Crippen LogP contribution in [0.5, 0.6) is 0 Å². The fourth-order valence-electron chi connectivity index (χ4n) is 3.06. The molecule has 1 aliphatic heterocycles. The lowest BCUT2D eigenvalue weighted by molar-refractivity contribution is 0.599. The maximum absolute atomic E-state index is 13.2. The average Bonchev–Trinajstić information content (AvgIpc) is 3.01. The molecular formula is C17H17FN4O3S3. The standard InChI is InChI=1S/C17H17FN4O3S3/c18-13-10-19-17(20-11-13)22-6-3-8-27(23,9-7-22)21-28(24,25)16-12-26-15-5-2-1-4-14(15)16/h1-2,4-5,10-12H,3,6-9H2. The molecule has 3 aromatic rings. The van der Waals surface area contributed by atoms with E-state index >= 15 is 0 Å². The van der Waals surface area contributed by atoms with Crippen molar-refractivity contribution in [1.82, 2.24) is 9.97 Å². The third kappa shape index (κ3) is 3.87. The SMILES string of the molecule is O=S(=O)(N=S1(=O)CCCN(c2ncc(F)cn2)CC1)c1csc2ccccc12. The molecule has 11 heteroatoms. The minimum absolute atomic E-state index is 0.0784. The fourth-order valence-corrected chi connectivity index (χ4v) is 8.68. The van der Waals surface area contributed by atoms with Crippen molar-refractivity contribution in [2.24, 2.45) is 3.77 Å². The van der Waals surface area contributed by atoms with Gasteiger partial charge in [-0.1, -0.05) is 18.2 Å². The Kier molecular flexibility index (Phi) is 5.06. The Bertz CT molecular complexity index is 1230. The van der Waals surface area contributed by atoms with Gasteiger partial charge in [-0.05, 0) is 12.5 Å². The predicted octanol–water partition coefficient (Wildman–Crippen LogP) is 2.90. The van der Waals surface area contributed by atoms with Crippen LogP contribution >= 0.6 is 11.3 Å². The Morgan fingerprint density at radius 2 is 1.89 bits per heavy atom. The van der Waals surface area contributed by atoms with Crippen LogP contribution in [0.25, 0.3) is 10.1 Å². The molecule has 0 spiro atoms. The number of hydrogen-bond acceptors (Lipinski definition) is 7. The van der Waals surface area contributed by atoms with Gasteiger partial charge in [0, 0.05) is 34.3 Å². The molecule has 28 heavy (non-hydrogen) atoms. The van der Waals surface area contributed by atoms with Crippen LogP contribution in [0.4, 0.5) is 10.3 Å². The van der Waals surface area contributed by atoms with Crippen LogP contribution in [0.3, 0.4) is 0 Å². The van der Waals surface area contributed by atoms with Crippen molar-refractivity contribution in [2.45, 2.75) is 11.3 Å². The minimum atomic E-state index is -4.04. The van der Waals surface area contributed by atoms with E-state index in [1.165, 1.54) is 11.3 Å². The molecule has 0 bridgehead atoms. The largest absolute Gasteiger partial charge is 0.340 e. The van der Waals surface area contributed by atoms with Gasteiger partial charge >= 0.3 is 0 Å². The molecular weight excluding hydrogens is 423 g/mol. The molecule has 1 unspecified atom stereocenters. The van der Waals surface area contributed by atoms with Crippen molar-refractivity contribution in [1.29, 1.82) is 0 Å². The fraction of sp³-hybridized carbons (Fsp3) is 0.294. The summed E-state index contributed by atoms with van der Waals surface area (Å²) in [5.74, 6) is 0.0456. The van der Waals surface area contributed by atoms with Crippen LogP contribution in [0.2, 0.25) is 0 Å². The van der Waals surface area contributed by atoms with Crippen LogP contribution in [0.15, 0.2) is 50.7 Å². The zero-order chi connectivity index (χ0) is 19.8. The first-order valence-corrected chi connectivity index (χ1v) is 12.7. The third-order valence-electron chi connectivity index (χ3n) is 4.42. The van der Waals surface area contributed by atoms with Gasteiger partial charge in [-0.2, -0.15) is 8.42 Å². The van der Waals surface area contributed by atoms with E-state index in [1.807, 2.05) is 12.1 Å². The molecule has 1 aliphatic rings. The molecule has 0 saturated carbocycles. The maximum Gasteiger partial charge on any atom is 0.291 e. The van der Waals surface area contributed by atoms with E-state index in [1.54, 1.807) is 22.4 Å². The number of anilines is 1. The second-order valence-corrected chi connectivity index (χ2v) is 11.6.